The molecule has 0 radical (unpaired) electrons. The van der Waals surface area contributed by atoms with Crippen molar-refractivity contribution in [2.75, 3.05) is 19.6 Å². The first kappa shape index (κ1) is 17.3. The maximum Gasteiger partial charge on any atom is 0.317 e. The van der Waals surface area contributed by atoms with Gasteiger partial charge in [-0.3, -0.25) is 0 Å². The lowest BCUT2D eigenvalue weighted by Crippen LogP contribution is -2.47. The number of hydrogen-bond acceptors (Lipinski definition) is 2. The third kappa shape index (κ3) is 4.69. The minimum Gasteiger partial charge on any atom is -0.389 e. The van der Waals surface area contributed by atoms with Crippen molar-refractivity contribution >= 4 is 16.9 Å². The monoisotopic (exact) mass is 321 g/mol. The Labute approximate surface area is 135 Å². The van der Waals surface area contributed by atoms with Crippen molar-refractivity contribution in [3.63, 3.8) is 0 Å². The van der Waals surface area contributed by atoms with Crippen LogP contribution in [0.4, 0.5) is 9.18 Å². The molecule has 1 aromatic carbocycles. The van der Waals surface area contributed by atoms with Crippen LogP contribution in [0.1, 0.15) is 26.3 Å². The lowest BCUT2D eigenvalue weighted by atomic mass is 10.1. The number of halogens is 1. The molecule has 0 aliphatic rings. The number of urea groups is 1. The highest BCUT2D eigenvalue weighted by Gasteiger charge is 2.20. The van der Waals surface area contributed by atoms with Crippen LogP contribution < -0.4 is 5.32 Å². The SMILES string of the molecule is CCN(CC(C)(C)O)C(=O)NCCc1c[nH]c2cc(F)ccc12. The largest absolute Gasteiger partial charge is 0.389 e. The number of aliphatic hydroxyl groups is 1. The molecule has 0 bridgehead atoms. The van der Waals surface area contributed by atoms with Crippen molar-refractivity contribution < 1.29 is 14.3 Å². The summed E-state index contributed by atoms with van der Waals surface area (Å²) in [5, 5.41) is 13.6. The van der Waals surface area contributed by atoms with Crippen molar-refractivity contribution in [3.8, 4) is 0 Å². The van der Waals surface area contributed by atoms with E-state index in [1.165, 1.54) is 12.1 Å². The Hall–Kier alpha value is -2.08. The van der Waals surface area contributed by atoms with Crippen LogP contribution in [-0.2, 0) is 6.42 Å². The molecule has 1 aromatic heterocycles. The number of carbonyl (C=O) groups is 1. The predicted molar refractivity (Wildman–Crippen MR) is 88.9 cm³/mol. The van der Waals surface area contributed by atoms with E-state index in [0.717, 1.165) is 16.5 Å². The number of rotatable bonds is 6. The number of carbonyl (C=O) groups excluding carboxylic acids is 1. The maximum atomic E-state index is 13.2. The van der Waals surface area contributed by atoms with Gasteiger partial charge in [-0.1, -0.05) is 0 Å². The van der Waals surface area contributed by atoms with E-state index in [-0.39, 0.29) is 18.4 Å². The standard InChI is InChI=1S/C17H24FN3O2/c1-4-21(11-17(2,3)23)16(22)19-8-7-12-10-20-15-9-13(18)5-6-14(12)15/h5-6,9-10,20,23H,4,7-8,11H2,1-3H3,(H,19,22). The summed E-state index contributed by atoms with van der Waals surface area (Å²) in [6.07, 6.45) is 2.49. The Morgan fingerprint density at radius 2 is 2.17 bits per heavy atom. The number of H-pyrrole nitrogens is 1. The van der Waals surface area contributed by atoms with Crippen LogP contribution in [-0.4, -0.2) is 46.3 Å². The highest BCUT2D eigenvalue weighted by atomic mass is 19.1. The normalized spacial score (nSPS) is 11.7. The second kappa shape index (κ2) is 7.00. The highest BCUT2D eigenvalue weighted by molar-refractivity contribution is 5.83. The topological polar surface area (TPSA) is 68.4 Å². The van der Waals surface area contributed by atoms with E-state index < -0.39 is 5.60 Å². The van der Waals surface area contributed by atoms with Crippen LogP contribution >= 0.6 is 0 Å². The van der Waals surface area contributed by atoms with Gasteiger partial charge in [-0.15, -0.1) is 0 Å². The van der Waals surface area contributed by atoms with Crippen LogP contribution in [0.2, 0.25) is 0 Å². The fraction of sp³-hybridized carbons (Fsp3) is 0.471. The second-order valence-corrected chi connectivity index (χ2v) is 6.31. The summed E-state index contributed by atoms with van der Waals surface area (Å²) in [5.74, 6) is -0.274. The molecule has 0 aliphatic carbocycles. The van der Waals surface area contributed by atoms with E-state index in [4.69, 9.17) is 0 Å². The van der Waals surface area contributed by atoms with Crippen molar-refractivity contribution in [3.05, 3.63) is 35.8 Å². The number of hydrogen-bond donors (Lipinski definition) is 3. The Morgan fingerprint density at radius 1 is 1.43 bits per heavy atom. The smallest absolute Gasteiger partial charge is 0.317 e. The molecule has 0 fully saturated rings. The Kier molecular flexibility index (Phi) is 5.26. The predicted octanol–water partition coefficient (Wildman–Crippen LogP) is 2.65. The lowest BCUT2D eigenvalue weighted by molar-refractivity contribution is 0.0480. The van der Waals surface area contributed by atoms with Crippen LogP contribution in [0.5, 0.6) is 0 Å². The summed E-state index contributed by atoms with van der Waals surface area (Å²) in [4.78, 5) is 16.7. The fourth-order valence-corrected chi connectivity index (χ4v) is 2.58. The van der Waals surface area contributed by atoms with Gasteiger partial charge >= 0.3 is 6.03 Å². The number of benzene rings is 1. The van der Waals surface area contributed by atoms with E-state index in [1.807, 2.05) is 13.1 Å². The summed E-state index contributed by atoms with van der Waals surface area (Å²) in [7, 11) is 0. The summed E-state index contributed by atoms with van der Waals surface area (Å²) in [6, 6.07) is 4.44. The van der Waals surface area contributed by atoms with E-state index in [1.54, 1.807) is 24.8 Å². The van der Waals surface area contributed by atoms with Gasteiger partial charge in [-0.25, -0.2) is 9.18 Å². The van der Waals surface area contributed by atoms with Gasteiger partial charge in [0, 0.05) is 30.2 Å². The van der Waals surface area contributed by atoms with Crippen LogP contribution in [0.3, 0.4) is 0 Å². The molecule has 5 nitrogen and oxygen atoms in total. The quantitative estimate of drug-likeness (QED) is 0.765. The van der Waals surface area contributed by atoms with E-state index in [2.05, 4.69) is 10.3 Å². The first-order valence-corrected chi connectivity index (χ1v) is 7.81. The molecule has 0 saturated carbocycles. The van der Waals surface area contributed by atoms with Crippen LogP contribution in [0, 0.1) is 5.82 Å². The zero-order chi connectivity index (χ0) is 17.0. The average Bonchev–Trinajstić information content (AvgIpc) is 2.86. The number of aromatic amines is 1. The molecule has 126 valence electrons. The molecule has 1 heterocycles. The van der Waals surface area contributed by atoms with Gasteiger partial charge in [-0.05, 0) is 51.0 Å². The molecule has 0 saturated heterocycles. The zero-order valence-corrected chi connectivity index (χ0v) is 13.8. The lowest BCUT2D eigenvalue weighted by Gasteiger charge is -2.28. The summed E-state index contributed by atoms with van der Waals surface area (Å²) in [5.41, 5.74) is 0.864. The third-order valence-electron chi connectivity index (χ3n) is 3.65. The molecule has 2 amide bonds. The van der Waals surface area contributed by atoms with Gasteiger partial charge in [0.05, 0.1) is 12.1 Å². The minimum absolute atomic E-state index is 0.194. The Morgan fingerprint density at radius 3 is 2.83 bits per heavy atom. The van der Waals surface area contributed by atoms with Crippen LogP contribution in [0.25, 0.3) is 10.9 Å². The van der Waals surface area contributed by atoms with Gasteiger partial charge < -0.3 is 20.3 Å². The van der Waals surface area contributed by atoms with Gasteiger partial charge in [0.1, 0.15) is 5.82 Å². The zero-order valence-electron chi connectivity index (χ0n) is 13.8. The minimum atomic E-state index is -0.922. The van der Waals surface area contributed by atoms with Crippen molar-refractivity contribution in [2.45, 2.75) is 32.8 Å². The molecule has 23 heavy (non-hydrogen) atoms. The Bertz CT molecular complexity index is 676. The van der Waals surface area contributed by atoms with Crippen molar-refractivity contribution in [2.24, 2.45) is 0 Å². The number of aromatic nitrogens is 1. The summed E-state index contributed by atoms with van der Waals surface area (Å²) < 4.78 is 13.2. The molecule has 2 aromatic rings. The van der Waals surface area contributed by atoms with Gasteiger partial charge in [0.15, 0.2) is 0 Å². The molecule has 2 rings (SSSR count). The molecular formula is C17H24FN3O2. The molecule has 3 N–H and O–H groups in total. The molecule has 0 aliphatic heterocycles. The van der Waals surface area contributed by atoms with E-state index in [0.29, 0.717) is 19.5 Å². The van der Waals surface area contributed by atoms with Crippen molar-refractivity contribution in [1.29, 1.82) is 0 Å². The van der Waals surface area contributed by atoms with Crippen molar-refractivity contribution in [1.82, 2.24) is 15.2 Å². The van der Waals surface area contributed by atoms with Gasteiger partial charge in [0.25, 0.3) is 0 Å². The number of fused-ring (bicyclic) bond motifs is 1. The average molecular weight is 321 g/mol. The number of nitrogens with zero attached hydrogens (tertiary/aromatic N) is 1. The molecule has 0 unspecified atom stereocenters. The number of amides is 2. The Balaban J connectivity index is 1.91. The van der Waals surface area contributed by atoms with E-state index >= 15 is 0 Å². The van der Waals surface area contributed by atoms with Gasteiger partial charge in [0.2, 0.25) is 0 Å². The number of nitrogens with one attached hydrogen (secondary N) is 2. The number of likely N-dealkylation sites (N-methyl/N-ethyl adjacent to an activating group) is 1. The summed E-state index contributed by atoms with van der Waals surface area (Å²) in [6.45, 7) is 6.51. The molecular weight excluding hydrogens is 297 g/mol. The maximum absolute atomic E-state index is 13.2. The summed E-state index contributed by atoms with van der Waals surface area (Å²) >= 11 is 0. The van der Waals surface area contributed by atoms with E-state index in [9.17, 15) is 14.3 Å². The molecule has 6 heteroatoms. The fourth-order valence-electron chi connectivity index (χ4n) is 2.58. The van der Waals surface area contributed by atoms with Gasteiger partial charge in [-0.2, -0.15) is 0 Å². The first-order chi connectivity index (χ1) is 10.8. The third-order valence-corrected chi connectivity index (χ3v) is 3.65. The molecule has 0 spiro atoms. The second-order valence-electron chi connectivity index (χ2n) is 6.31. The first-order valence-electron chi connectivity index (χ1n) is 7.81. The molecule has 0 atom stereocenters. The van der Waals surface area contributed by atoms with Crippen LogP contribution in [0.15, 0.2) is 24.4 Å². The highest BCUT2D eigenvalue weighted by Crippen LogP contribution is 2.19.